The fourth-order valence-corrected chi connectivity index (χ4v) is 1.90. The number of benzene rings is 1. The third-order valence-electron chi connectivity index (χ3n) is 2.80. The lowest BCUT2D eigenvalue weighted by Gasteiger charge is -2.13. The monoisotopic (exact) mass is 323 g/mol. The lowest BCUT2D eigenvalue weighted by molar-refractivity contribution is -0.119. The average molecular weight is 323 g/mol. The van der Waals surface area contributed by atoms with Crippen molar-refractivity contribution in [2.75, 3.05) is 25.6 Å². The molecule has 0 atom stereocenters. The summed E-state index contributed by atoms with van der Waals surface area (Å²) >= 11 is 5.06. The second-order valence-electron chi connectivity index (χ2n) is 4.50. The first-order valence-electron chi connectivity index (χ1n) is 7.05. The van der Waals surface area contributed by atoms with E-state index in [0.29, 0.717) is 30.8 Å². The molecule has 0 aromatic heterocycles. The Kier molecular flexibility index (Phi) is 8.09. The van der Waals surface area contributed by atoms with Crippen LogP contribution in [0.1, 0.15) is 30.1 Å². The van der Waals surface area contributed by atoms with Gasteiger partial charge in [-0.05, 0) is 30.8 Å². The van der Waals surface area contributed by atoms with E-state index >= 15 is 0 Å². The normalized spacial score (nSPS) is 9.91. The van der Waals surface area contributed by atoms with Crippen molar-refractivity contribution in [2.45, 2.75) is 19.8 Å². The molecule has 0 heterocycles. The second-order valence-corrected chi connectivity index (χ2v) is 4.91. The summed E-state index contributed by atoms with van der Waals surface area (Å²) in [4.78, 5) is 23.5. The summed E-state index contributed by atoms with van der Waals surface area (Å²) in [5.41, 5.74) is 1.01. The maximum Gasteiger partial charge on any atom is 0.253 e. The van der Waals surface area contributed by atoms with E-state index in [2.05, 4.69) is 16.0 Å². The fraction of sp³-hybridized carbons (Fsp3) is 0.400. The number of hydrogen-bond acceptors (Lipinski definition) is 4. The summed E-state index contributed by atoms with van der Waals surface area (Å²) in [6.45, 7) is 2.85. The molecule has 1 aromatic carbocycles. The largest absolute Gasteiger partial charge is 0.385 e. The third-order valence-corrected chi connectivity index (χ3v) is 3.01. The van der Waals surface area contributed by atoms with Crippen molar-refractivity contribution in [3.05, 3.63) is 29.8 Å². The molecule has 2 amide bonds. The summed E-state index contributed by atoms with van der Waals surface area (Å²) in [5, 5.41) is 8.39. The van der Waals surface area contributed by atoms with Crippen LogP contribution in [-0.2, 0) is 9.53 Å². The van der Waals surface area contributed by atoms with Gasteiger partial charge in [-0.2, -0.15) is 0 Å². The van der Waals surface area contributed by atoms with Gasteiger partial charge < -0.3 is 20.7 Å². The fourth-order valence-electron chi connectivity index (χ4n) is 1.67. The Morgan fingerprint density at radius 2 is 2.00 bits per heavy atom. The van der Waals surface area contributed by atoms with Crippen LogP contribution >= 0.6 is 12.2 Å². The van der Waals surface area contributed by atoms with Crippen molar-refractivity contribution < 1.29 is 14.3 Å². The van der Waals surface area contributed by atoms with E-state index in [9.17, 15) is 9.59 Å². The number of methoxy groups -OCH3 is 1. The molecule has 0 fully saturated rings. The van der Waals surface area contributed by atoms with Gasteiger partial charge in [0.1, 0.15) is 0 Å². The zero-order valence-electron chi connectivity index (χ0n) is 12.8. The molecular formula is C15H21N3O3S. The van der Waals surface area contributed by atoms with Gasteiger partial charge in [-0.15, -0.1) is 0 Å². The minimum atomic E-state index is -0.205. The number of carbonyl (C=O) groups excluding carboxylic acids is 2. The number of rotatable bonds is 7. The number of para-hydroxylation sites is 1. The first-order chi connectivity index (χ1) is 10.6. The van der Waals surface area contributed by atoms with Crippen molar-refractivity contribution >= 4 is 34.8 Å². The molecule has 0 bridgehead atoms. The predicted octanol–water partition coefficient (Wildman–Crippen LogP) is 1.68. The summed E-state index contributed by atoms with van der Waals surface area (Å²) in [6, 6.07) is 6.98. The van der Waals surface area contributed by atoms with Crippen LogP contribution in [-0.4, -0.2) is 37.2 Å². The van der Waals surface area contributed by atoms with E-state index in [1.165, 1.54) is 0 Å². The van der Waals surface area contributed by atoms with E-state index in [-0.39, 0.29) is 16.9 Å². The molecule has 3 N–H and O–H groups in total. The minimum Gasteiger partial charge on any atom is -0.385 e. The molecule has 0 unspecified atom stereocenters. The Labute approximate surface area is 135 Å². The highest BCUT2D eigenvalue weighted by Crippen LogP contribution is 2.14. The number of hydrogen-bond donors (Lipinski definition) is 3. The van der Waals surface area contributed by atoms with Crippen LogP contribution in [0.4, 0.5) is 5.69 Å². The summed E-state index contributed by atoms with van der Waals surface area (Å²) in [6.07, 6.45) is 1.08. The number of amides is 2. The molecule has 0 aliphatic rings. The smallest absolute Gasteiger partial charge is 0.253 e. The van der Waals surface area contributed by atoms with E-state index in [0.717, 1.165) is 6.42 Å². The van der Waals surface area contributed by atoms with Crippen LogP contribution in [0.5, 0.6) is 0 Å². The van der Waals surface area contributed by atoms with E-state index in [4.69, 9.17) is 17.0 Å². The van der Waals surface area contributed by atoms with Gasteiger partial charge in [0.2, 0.25) is 5.91 Å². The van der Waals surface area contributed by atoms with Gasteiger partial charge in [0, 0.05) is 26.7 Å². The van der Waals surface area contributed by atoms with E-state index in [1.54, 1.807) is 38.3 Å². The Hall–Kier alpha value is -1.99. The summed E-state index contributed by atoms with van der Waals surface area (Å²) in [5.74, 6) is -0.386. The molecule has 0 spiro atoms. The van der Waals surface area contributed by atoms with E-state index < -0.39 is 0 Å². The first kappa shape index (κ1) is 18.1. The van der Waals surface area contributed by atoms with Gasteiger partial charge in [-0.3, -0.25) is 9.59 Å². The molecule has 120 valence electrons. The first-order valence-corrected chi connectivity index (χ1v) is 7.46. The second kappa shape index (κ2) is 9.86. The van der Waals surface area contributed by atoms with Gasteiger partial charge in [0.15, 0.2) is 5.11 Å². The zero-order chi connectivity index (χ0) is 16.4. The zero-order valence-corrected chi connectivity index (χ0v) is 13.6. The third kappa shape index (κ3) is 6.19. The lowest BCUT2D eigenvalue weighted by atomic mass is 10.1. The van der Waals surface area contributed by atoms with Gasteiger partial charge in [0.25, 0.3) is 5.91 Å². The predicted molar refractivity (Wildman–Crippen MR) is 89.9 cm³/mol. The molecular weight excluding hydrogens is 302 g/mol. The van der Waals surface area contributed by atoms with Crippen molar-refractivity contribution in [3.8, 4) is 0 Å². The number of anilines is 1. The number of carbonyl (C=O) groups is 2. The van der Waals surface area contributed by atoms with Crippen LogP contribution in [0.3, 0.4) is 0 Å². The number of thiocarbonyl (C=S) groups is 1. The van der Waals surface area contributed by atoms with E-state index in [1.807, 2.05) is 0 Å². The van der Waals surface area contributed by atoms with Crippen LogP contribution < -0.4 is 16.0 Å². The molecule has 1 aromatic rings. The maximum absolute atomic E-state index is 12.2. The Bertz CT molecular complexity index is 535. The van der Waals surface area contributed by atoms with Crippen molar-refractivity contribution in [1.29, 1.82) is 0 Å². The summed E-state index contributed by atoms with van der Waals surface area (Å²) in [7, 11) is 1.62. The molecule has 7 heteroatoms. The van der Waals surface area contributed by atoms with Crippen molar-refractivity contribution in [3.63, 3.8) is 0 Å². The topological polar surface area (TPSA) is 79.5 Å². The standard InChI is InChI=1S/C15H21N3O3S/c1-3-13(19)18-15(22)17-12-8-5-4-7-11(12)14(20)16-9-6-10-21-2/h4-5,7-8H,3,6,9-10H2,1-2H3,(H,16,20)(H2,17,18,19,22). The Balaban J connectivity index is 2.66. The number of nitrogens with one attached hydrogen (secondary N) is 3. The minimum absolute atomic E-state index is 0.173. The Morgan fingerprint density at radius 1 is 1.27 bits per heavy atom. The van der Waals surface area contributed by atoms with Crippen LogP contribution in [0.15, 0.2) is 24.3 Å². The lowest BCUT2D eigenvalue weighted by Crippen LogP contribution is -2.34. The average Bonchev–Trinajstić information content (AvgIpc) is 2.51. The molecule has 0 aliphatic heterocycles. The molecule has 0 radical (unpaired) electrons. The molecule has 1 rings (SSSR count). The highest BCUT2D eigenvalue weighted by molar-refractivity contribution is 7.80. The van der Waals surface area contributed by atoms with Crippen LogP contribution in [0.25, 0.3) is 0 Å². The van der Waals surface area contributed by atoms with Crippen LogP contribution in [0, 0.1) is 0 Å². The highest BCUT2D eigenvalue weighted by atomic mass is 32.1. The SMILES string of the molecule is CCC(=O)NC(=S)Nc1ccccc1C(=O)NCCCOC. The molecule has 6 nitrogen and oxygen atoms in total. The van der Waals surface area contributed by atoms with Gasteiger partial charge >= 0.3 is 0 Å². The maximum atomic E-state index is 12.2. The van der Waals surface area contributed by atoms with Crippen molar-refractivity contribution in [2.24, 2.45) is 0 Å². The molecule has 0 aliphatic carbocycles. The van der Waals surface area contributed by atoms with Gasteiger partial charge in [0.05, 0.1) is 11.3 Å². The number of ether oxygens (including phenoxy) is 1. The van der Waals surface area contributed by atoms with Crippen molar-refractivity contribution in [1.82, 2.24) is 10.6 Å². The van der Waals surface area contributed by atoms with Crippen LogP contribution in [0.2, 0.25) is 0 Å². The van der Waals surface area contributed by atoms with Gasteiger partial charge in [-0.25, -0.2) is 0 Å². The quantitative estimate of drug-likeness (QED) is 0.525. The molecule has 22 heavy (non-hydrogen) atoms. The highest BCUT2D eigenvalue weighted by Gasteiger charge is 2.12. The summed E-state index contributed by atoms with van der Waals surface area (Å²) < 4.78 is 4.93. The van der Waals surface area contributed by atoms with Gasteiger partial charge in [-0.1, -0.05) is 19.1 Å². The Morgan fingerprint density at radius 3 is 2.68 bits per heavy atom. The molecule has 0 saturated carbocycles. The molecule has 0 saturated heterocycles.